The summed E-state index contributed by atoms with van der Waals surface area (Å²) in [5, 5.41) is 0. The lowest BCUT2D eigenvalue weighted by molar-refractivity contribution is -0.163. The number of amides is 1. The van der Waals surface area contributed by atoms with Crippen LogP contribution in [0.2, 0.25) is 19.6 Å². The summed E-state index contributed by atoms with van der Waals surface area (Å²) in [6.07, 6.45) is 1.03. The van der Waals surface area contributed by atoms with Gasteiger partial charge >= 0.3 is 13.8 Å². The van der Waals surface area contributed by atoms with Gasteiger partial charge in [0.15, 0.2) is 14.0 Å². The molecular weight excluding hydrogens is 537 g/mol. The first-order valence-corrected chi connectivity index (χ1v) is 17.6. The van der Waals surface area contributed by atoms with Crippen molar-refractivity contribution in [3.05, 3.63) is 84.8 Å². The van der Waals surface area contributed by atoms with Crippen molar-refractivity contribution < 1.29 is 36.9 Å². The SMILES string of the molecule is C=CCOC(=O)C1=C(OP(=O)(Oc2ccccc2)Oc2ccccc2)[C@H](C)[C@H]2[C@@H]([C@H](C)O[Si](C)(C)C)C(=O)N12. The minimum atomic E-state index is -4.42. The lowest BCUT2D eigenvalue weighted by Gasteiger charge is -2.48. The molecule has 4 atom stereocenters. The Kier molecular flexibility index (Phi) is 8.39. The molecule has 0 spiro atoms. The van der Waals surface area contributed by atoms with E-state index in [2.05, 4.69) is 6.58 Å². The molecule has 2 aromatic rings. The van der Waals surface area contributed by atoms with Crippen molar-refractivity contribution in [2.24, 2.45) is 11.8 Å². The monoisotopic (exact) mass is 571 g/mol. The Hall–Kier alpha value is -3.33. The molecule has 0 bridgehead atoms. The number of phosphoric ester groups is 1. The zero-order chi connectivity index (χ0) is 28.4. The van der Waals surface area contributed by atoms with Crippen molar-refractivity contribution >= 4 is 28.0 Å². The summed E-state index contributed by atoms with van der Waals surface area (Å²) in [5.74, 6) is -1.64. The van der Waals surface area contributed by atoms with Crippen molar-refractivity contribution in [2.75, 3.05) is 6.61 Å². The second-order valence-electron chi connectivity index (χ2n) is 10.4. The predicted molar refractivity (Wildman–Crippen MR) is 148 cm³/mol. The van der Waals surface area contributed by atoms with Crippen molar-refractivity contribution in [2.45, 2.75) is 45.6 Å². The molecular formula is C28H34NO8PSi. The van der Waals surface area contributed by atoms with Gasteiger partial charge in [-0.05, 0) is 50.8 Å². The van der Waals surface area contributed by atoms with Crippen LogP contribution in [0.4, 0.5) is 0 Å². The van der Waals surface area contributed by atoms with Gasteiger partial charge in [0.05, 0.1) is 18.1 Å². The summed E-state index contributed by atoms with van der Waals surface area (Å²) in [6.45, 7) is 13.3. The second kappa shape index (κ2) is 11.4. The first-order valence-electron chi connectivity index (χ1n) is 12.8. The zero-order valence-electron chi connectivity index (χ0n) is 22.7. The van der Waals surface area contributed by atoms with Gasteiger partial charge in [0, 0.05) is 5.92 Å². The molecule has 2 aliphatic heterocycles. The molecule has 2 heterocycles. The topological polar surface area (TPSA) is 101 Å². The van der Waals surface area contributed by atoms with Crippen LogP contribution in [0.25, 0.3) is 0 Å². The first-order chi connectivity index (χ1) is 18.4. The number of ether oxygens (including phenoxy) is 1. The molecule has 1 fully saturated rings. The molecule has 9 nitrogen and oxygen atoms in total. The van der Waals surface area contributed by atoms with Gasteiger partial charge in [0.2, 0.25) is 5.91 Å². The molecule has 4 rings (SSSR count). The maximum atomic E-state index is 14.2. The number of rotatable bonds is 12. The van der Waals surface area contributed by atoms with Gasteiger partial charge in [-0.25, -0.2) is 4.79 Å². The Morgan fingerprint density at radius 2 is 1.56 bits per heavy atom. The second-order valence-corrected chi connectivity index (χ2v) is 16.3. The first kappa shape index (κ1) is 28.7. The Morgan fingerprint density at radius 3 is 2.05 bits per heavy atom. The van der Waals surface area contributed by atoms with E-state index >= 15 is 0 Å². The number of para-hydroxylation sites is 2. The Bertz CT molecular complexity index is 1250. The highest BCUT2D eigenvalue weighted by Gasteiger charge is 2.62. The van der Waals surface area contributed by atoms with E-state index in [0.717, 1.165) is 0 Å². The molecule has 0 aliphatic carbocycles. The molecule has 1 saturated heterocycles. The predicted octanol–water partition coefficient (Wildman–Crippen LogP) is 5.93. The largest absolute Gasteiger partial charge is 0.646 e. The van der Waals surface area contributed by atoms with E-state index < -0.39 is 40.0 Å². The Morgan fingerprint density at radius 1 is 1.03 bits per heavy atom. The standard InChI is InChI=1S/C28H34NO8PSi/c1-7-18-33-28(31)25-26(19(2)24-23(27(30)29(24)25)20(3)37-39(4,5)6)36-38(32,34-21-14-10-8-11-15-21)35-22-16-12-9-13-17-22/h7-17,19-20,23-24H,1,18H2,2-6H3/t19-,20+,23-,24+/m1/s1. The smallest absolute Gasteiger partial charge is 0.457 e. The number of phosphoric acid groups is 1. The number of carbonyl (C=O) groups is 2. The van der Waals surface area contributed by atoms with Gasteiger partial charge in [-0.1, -0.05) is 56.0 Å². The molecule has 2 aliphatic rings. The van der Waals surface area contributed by atoms with Crippen molar-refractivity contribution in [1.29, 1.82) is 0 Å². The normalized spacial score (nSPS) is 21.5. The molecule has 0 radical (unpaired) electrons. The molecule has 39 heavy (non-hydrogen) atoms. The van der Waals surface area contributed by atoms with E-state index in [0.29, 0.717) is 0 Å². The number of carbonyl (C=O) groups excluding carboxylic acids is 2. The summed E-state index contributed by atoms with van der Waals surface area (Å²) in [7, 11) is -6.38. The molecule has 0 saturated carbocycles. The molecule has 208 valence electrons. The summed E-state index contributed by atoms with van der Waals surface area (Å²) in [5.41, 5.74) is -0.121. The van der Waals surface area contributed by atoms with Crippen molar-refractivity contribution in [3.8, 4) is 11.5 Å². The van der Waals surface area contributed by atoms with E-state index in [1.54, 1.807) is 67.6 Å². The number of fused-ring (bicyclic) bond motifs is 1. The van der Waals surface area contributed by atoms with Gasteiger partial charge < -0.3 is 22.7 Å². The van der Waals surface area contributed by atoms with Crippen LogP contribution >= 0.6 is 7.82 Å². The molecule has 11 heteroatoms. The van der Waals surface area contributed by atoms with Gasteiger partial charge in [-0.3, -0.25) is 9.69 Å². The van der Waals surface area contributed by atoms with Gasteiger partial charge in [0.1, 0.15) is 23.9 Å². The zero-order valence-corrected chi connectivity index (χ0v) is 24.6. The number of nitrogens with zero attached hydrogens (tertiary/aromatic N) is 1. The third-order valence-electron chi connectivity index (χ3n) is 6.29. The van der Waals surface area contributed by atoms with Gasteiger partial charge in [0.25, 0.3) is 0 Å². The number of β-lactam (4-membered cyclic amide) rings is 1. The molecule has 1 amide bonds. The van der Waals surface area contributed by atoms with Crippen LogP contribution in [-0.4, -0.2) is 43.8 Å². The van der Waals surface area contributed by atoms with Crippen LogP contribution in [0.5, 0.6) is 11.5 Å². The van der Waals surface area contributed by atoms with Gasteiger partial charge in [-0.2, -0.15) is 4.57 Å². The fraction of sp³-hybridized carbons (Fsp3) is 0.357. The summed E-state index contributed by atoms with van der Waals surface area (Å²) in [4.78, 5) is 28.0. The number of esters is 1. The van der Waals surface area contributed by atoms with E-state index in [4.69, 9.17) is 22.7 Å². The molecule has 0 N–H and O–H groups in total. The van der Waals surface area contributed by atoms with Crippen LogP contribution in [-0.2, 0) is 27.8 Å². The minimum Gasteiger partial charge on any atom is -0.457 e. The van der Waals surface area contributed by atoms with E-state index in [1.165, 1.54) is 11.0 Å². The number of hydrogen-bond acceptors (Lipinski definition) is 8. The fourth-order valence-corrected chi connectivity index (χ4v) is 7.48. The third-order valence-corrected chi connectivity index (χ3v) is 8.66. The maximum Gasteiger partial charge on any atom is 0.646 e. The van der Waals surface area contributed by atoms with Crippen LogP contribution < -0.4 is 9.05 Å². The van der Waals surface area contributed by atoms with Crippen LogP contribution in [0, 0.1) is 11.8 Å². The van der Waals surface area contributed by atoms with E-state index in [9.17, 15) is 14.2 Å². The highest BCUT2D eigenvalue weighted by atomic mass is 31.2. The third kappa shape index (κ3) is 6.29. The minimum absolute atomic E-state index is 0.000288. The maximum absolute atomic E-state index is 14.2. The summed E-state index contributed by atoms with van der Waals surface area (Å²) >= 11 is 0. The van der Waals surface area contributed by atoms with E-state index in [-0.39, 0.29) is 41.6 Å². The molecule has 0 unspecified atom stereocenters. The average molecular weight is 572 g/mol. The molecule has 2 aromatic carbocycles. The highest BCUT2D eigenvalue weighted by molar-refractivity contribution is 7.49. The van der Waals surface area contributed by atoms with Crippen molar-refractivity contribution in [1.82, 2.24) is 4.90 Å². The van der Waals surface area contributed by atoms with Crippen LogP contribution in [0.3, 0.4) is 0 Å². The lowest BCUT2D eigenvalue weighted by atomic mass is 9.79. The van der Waals surface area contributed by atoms with Gasteiger partial charge in [-0.15, -0.1) is 0 Å². The average Bonchev–Trinajstić information content (AvgIpc) is 3.10. The van der Waals surface area contributed by atoms with E-state index in [1.807, 2.05) is 26.6 Å². The summed E-state index contributed by atoms with van der Waals surface area (Å²) < 4.78 is 43.2. The van der Waals surface area contributed by atoms with Crippen LogP contribution in [0.1, 0.15) is 13.8 Å². The quantitative estimate of drug-likeness (QED) is 0.102. The Balaban J connectivity index is 1.72. The van der Waals surface area contributed by atoms with Crippen LogP contribution in [0.15, 0.2) is 84.8 Å². The summed E-state index contributed by atoms with van der Waals surface area (Å²) in [6, 6.07) is 16.4. The number of benzene rings is 2. The van der Waals surface area contributed by atoms with Crippen molar-refractivity contribution in [3.63, 3.8) is 0 Å². The highest BCUT2D eigenvalue weighted by Crippen LogP contribution is 2.57. The molecule has 0 aromatic heterocycles. The fourth-order valence-electron chi connectivity index (χ4n) is 4.85. The lowest BCUT2D eigenvalue weighted by Crippen LogP contribution is -2.64. The Labute approximate surface area is 230 Å². The number of hydrogen-bond donors (Lipinski definition) is 0.